The van der Waals surface area contributed by atoms with Crippen molar-refractivity contribution in [2.45, 2.75) is 0 Å². The molecule has 0 saturated carbocycles. The summed E-state index contributed by atoms with van der Waals surface area (Å²) in [5, 5.41) is 0.627. The van der Waals surface area contributed by atoms with Crippen molar-refractivity contribution in [1.82, 2.24) is 9.88 Å². The van der Waals surface area contributed by atoms with Crippen molar-refractivity contribution in [2.24, 2.45) is 0 Å². The van der Waals surface area contributed by atoms with Gasteiger partial charge in [-0.1, -0.05) is 11.6 Å². The lowest BCUT2D eigenvalue weighted by Crippen LogP contribution is -2.48. The number of pyridine rings is 1. The van der Waals surface area contributed by atoms with E-state index in [1.807, 2.05) is 11.0 Å². The number of carbonyl (C=O) groups is 1. The number of nitrogens with zero attached hydrogens (tertiary/aromatic N) is 3. The normalized spacial score (nSPS) is 14.4. The van der Waals surface area contributed by atoms with Crippen LogP contribution in [0.25, 0.3) is 0 Å². The first-order valence-electron chi connectivity index (χ1n) is 8.00. The molecular formula is C18H20ClN3O3. The summed E-state index contributed by atoms with van der Waals surface area (Å²) in [7, 11) is 3.13. The molecule has 1 aromatic carbocycles. The average molecular weight is 362 g/mol. The van der Waals surface area contributed by atoms with Crippen molar-refractivity contribution < 1.29 is 14.3 Å². The third-order valence-corrected chi connectivity index (χ3v) is 4.58. The van der Waals surface area contributed by atoms with E-state index in [-0.39, 0.29) is 5.91 Å². The lowest BCUT2D eigenvalue weighted by molar-refractivity contribution is 0.0746. The SMILES string of the molecule is COc1ccc(C(=O)N2CCN(c3ccncc3Cl)CC2)cc1OC. The van der Waals surface area contributed by atoms with E-state index in [9.17, 15) is 4.79 Å². The molecule has 1 saturated heterocycles. The second kappa shape index (κ2) is 7.61. The van der Waals surface area contributed by atoms with E-state index in [1.54, 1.807) is 44.8 Å². The molecule has 2 heterocycles. The van der Waals surface area contributed by atoms with Gasteiger partial charge in [0.1, 0.15) is 0 Å². The van der Waals surface area contributed by atoms with E-state index in [2.05, 4.69) is 9.88 Å². The van der Waals surface area contributed by atoms with Crippen LogP contribution < -0.4 is 14.4 Å². The lowest BCUT2D eigenvalue weighted by atomic mass is 10.1. The van der Waals surface area contributed by atoms with Crippen molar-refractivity contribution in [2.75, 3.05) is 45.3 Å². The predicted molar refractivity (Wildman–Crippen MR) is 96.9 cm³/mol. The molecule has 1 aliphatic heterocycles. The number of carbonyl (C=O) groups excluding carboxylic acids is 1. The third kappa shape index (κ3) is 3.64. The molecule has 0 N–H and O–H groups in total. The molecule has 0 bridgehead atoms. The fraction of sp³-hybridized carbons (Fsp3) is 0.333. The molecule has 132 valence electrons. The van der Waals surface area contributed by atoms with Gasteiger partial charge in [-0.15, -0.1) is 0 Å². The van der Waals surface area contributed by atoms with Crippen LogP contribution in [0.4, 0.5) is 5.69 Å². The highest BCUT2D eigenvalue weighted by Crippen LogP contribution is 2.29. The van der Waals surface area contributed by atoms with Gasteiger partial charge >= 0.3 is 0 Å². The zero-order chi connectivity index (χ0) is 17.8. The van der Waals surface area contributed by atoms with Crippen LogP contribution in [0, 0.1) is 0 Å². The van der Waals surface area contributed by atoms with Crippen molar-refractivity contribution in [3.63, 3.8) is 0 Å². The molecule has 0 spiro atoms. The molecule has 25 heavy (non-hydrogen) atoms. The highest BCUT2D eigenvalue weighted by molar-refractivity contribution is 6.33. The molecule has 1 aromatic heterocycles. The van der Waals surface area contributed by atoms with E-state index >= 15 is 0 Å². The maximum atomic E-state index is 12.8. The molecule has 0 radical (unpaired) electrons. The lowest BCUT2D eigenvalue weighted by Gasteiger charge is -2.36. The summed E-state index contributed by atoms with van der Waals surface area (Å²) >= 11 is 6.20. The Morgan fingerprint density at radius 2 is 1.80 bits per heavy atom. The highest BCUT2D eigenvalue weighted by Gasteiger charge is 2.24. The second-order valence-corrected chi connectivity index (χ2v) is 6.08. The Hall–Kier alpha value is -2.47. The van der Waals surface area contributed by atoms with Crippen molar-refractivity contribution >= 4 is 23.2 Å². The molecule has 2 aromatic rings. The van der Waals surface area contributed by atoms with Crippen molar-refractivity contribution in [1.29, 1.82) is 0 Å². The van der Waals surface area contributed by atoms with Crippen LogP contribution >= 0.6 is 11.6 Å². The van der Waals surface area contributed by atoms with Crippen LogP contribution in [-0.4, -0.2) is 56.2 Å². The fourth-order valence-electron chi connectivity index (χ4n) is 2.93. The minimum absolute atomic E-state index is 0.0126. The first-order chi connectivity index (χ1) is 12.1. The number of hydrogen-bond donors (Lipinski definition) is 0. The van der Waals surface area contributed by atoms with Gasteiger partial charge in [0.15, 0.2) is 11.5 Å². The van der Waals surface area contributed by atoms with Crippen LogP contribution in [0.15, 0.2) is 36.7 Å². The number of benzene rings is 1. The molecule has 6 nitrogen and oxygen atoms in total. The summed E-state index contributed by atoms with van der Waals surface area (Å²) in [6, 6.07) is 7.12. The zero-order valence-electron chi connectivity index (χ0n) is 14.2. The number of ether oxygens (including phenoxy) is 2. The Bertz CT molecular complexity index is 761. The Morgan fingerprint density at radius 1 is 1.08 bits per heavy atom. The van der Waals surface area contributed by atoms with Gasteiger partial charge in [0.05, 0.1) is 24.9 Å². The summed E-state index contributed by atoms with van der Waals surface area (Å²) in [6.07, 6.45) is 3.36. The topological polar surface area (TPSA) is 54.9 Å². The summed E-state index contributed by atoms with van der Waals surface area (Å²) < 4.78 is 10.5. The van der Waals surface area contributed by atoms with Gasteiger partial charge in [0.2, 0.25) is 0 Å². The minimum Gasteiger partial charge on any atom is -0.493 e. The summed E-state index contributed by atoms with van der Waals surface area (Å²) in [6.45, 7) is 2.71. The predicted octanol–water partition coefficient (Wildman–Crippen LogP) is 2.71. The molecule has 1 amide bonds. The summed E-state index contributed by atoms with van der Waals surface area (Å²) in [4.78, 5) is 20.8. The Balaban J connectivity index is 1.69. The van der Waals surface area contributed by atoms with E-state index in [0.29, 0.717) is 35.2 Å². The molecule has 0 atom stereocenters. The van der Waals surface area contributed by atoms with Crippen LogP contribution in [0.2, 0.25) is 5.02 Å². The van der Waals surface area contributed by atoms with Gasteiger partial charge in [0, 0.05) is 44.1 Å². The molecule has 1 aliphatic rings. The fourth-order valence-corrected chi connectivity index (χ4v) is 3.17. The quantitative estimate of drug-likeness (QED) is 0.838. The maximum Gasteiger partial charge on any atom is 0.254 e. The molecule has 0 unspecified atom stereocenters. The largest absolute Gasteiger partial charge is 0.493 e. The minimum atomic E-state index is -0.0126. The molecular weight excluding hydrogens is 342 g/mol. The summed E-state index contributed by atoms with van der Waals surface area (Å²) in [5.74, 6) is 1.15. The Morgan fingerprint density at radius 3 is 2.44 bits per heavy atom. The van der Waals surface area contributed by atoms with E-state index < -0.39 is 0 Å². The van der Waals surface area contributed by atoms with E-state index in [0.717, 1.165) is 18.8 Å². The number of piperazine rings is 1. The number of methoxy groups -OCH3 is 2. The first kappa shape index (κ1) is 17.4. The standard InChI is InChI=1S/C18H20ClN3O3/c1-24-16-4-3-13(11-17(16)25-2)18(23)22-9-7-21(8-10-22)15-5-6-20-12-14(15)19/h3-6,11-12H,7-10H2,1-2H3. The Kier molecular flexibility index (Phi) is 5.28. The third-order valence-electron chi connectivity index (χ3n) is 4.29. The van der Waals surface area contributed by atoms with E-state index in [1.165, 1.54) is 0 Å². The smallest absolute Gasteiger partial charge is 0.254 e. The monoisotopic (exact) mass is 361 g/mol. The van der Waals surface area contributed by atoms with Gasteiger partial charge in [0.25, 0.3) is 5.91 Å². The first-order valence-corrected chi connectivity index (χ1v) is 8.37. The van der Waals surface area contributed by atoms with Crippen molar-refractivity contribution in [3.05, 3.63) is 47.2 Å². The highest BCUT2D eigenvalue weighted by atomic mass is 35.5. The van der Waals surface area contributed by atoms with Crippen LogP contribution in [0.1, 0.15) is 10.4 Å². The molecule has 3 rings (SSSR count). The molecule has 7 heteroatoms. The Labute approximate surface area is 151 Å². The molecule has 1 fully saturated rings. The number of hydrogen-bond acceptors (Lipinski definition) is 5. The van der Waals surface area contributed by atoms with Gasteiger partial charge in [-0.25, -0.2) is 0 Å². The van der Waals surface area contributed by atoms with Gasteiger partial charge < -0.3 is 19.3 Å². The molecule has 0 aliphatic carbocycles. The zero-order valence-corrected chi connectivity index (χ0v) is 15.0. The van der Waals surface area contributed by atoms with Crippen LogP contribution in [0.3, 0.4) is 0 Å². The van der Waals surface area contributed by atoms with Crippen molar-refractivity contribution in [3.8, 4) is 11.5 Å². The van der Waals surface area contributed by atoms with Crippen LogP contribution in [0.5, 0.6) is 11.5 Å². The van der Waals surface area contributed by atoms with Gasteiger partial charge in [-0.3, -0.25) is 9.78 Å². The number of rotatable bonds is 4. The average Bonchev–Trinajstić information content (AvgIpc) is 2.67. The van der Waals surface area contributed by atoms with Gasteiger partial charge in [-0.2, -0.15) is 0 Å². The number of amides is 1. The number of halogens is 1. The number of anilines is 1. The summed E-state index contributed by atoms with van der Waals surface area (Å²) in [5.41, 5.74) is 1.54. The van der Waals surface area contributed by atoms with Gasteiger partial charge in [-0.05, 0) is 24.3 Å². The second-order valence-electron chi connectivity index (χ2n) is 5.68. The number of aromatic nitrogens is 1. The van der Waals surface area contributed by atoms with E-state index in [4.69, 9.17) is 21.1 Å². The maximum absolute atomic E-state index is 12.8. The van der Waals surface area contributed by atoms with Crippen LogP contribution in [-0.2, 0) is 0 Å².